The summed E-state index contributed by atoms with van der Waals surface area (Å²) >= 11 is 0. The van der Waals surface area contributed by atoms with Crippen LogP contribution >= 0.6 is 0 Å². The van der Waals surface area contributed by atoms with Gasteiger partial charge in [-0.2, -0.15) is 0 Å². The molecule has 0 saturated carbocycles. The molecule has 2 rings (SSSR count). The molecule has 0 saturated heterocycles. The van der Waals surface area contributed by atoms with Crippen molar-refractivity contribution in [1.82, 2.24) is 26.6 Å². The highest BCUT2D eigenvalue weighted by atomic mass is 16.4. The number of primary amides is 2. The number of carbonyl (C=O) groups excluding carboxylic acids is 8. The predicted molar refractivity (Wildman–Crippen MR) is 204 cm³/mol. The molecule has 0 unspecified atom stereocenters. The van der Waals surface area contributed by atoms with Gasteiger partial charge in [-0.1, -0.05) is 56.3 Å². The number of carbonyl (C=O) groups is 9. The van der Waals surface area contributed by atoms with Crippen molar-refractivity contribution >= 4 is 53.6 Å². The zero-order valence-electron chi connectivity index (χ0n) is 31.8. The van der Waals surface area contributed by atoms with Crippen LogP contribution in [0.5, 0.6) is 5.75 Å². The van der Waals surface area contributed by atoms with E-state index in [0.29, 0.717) is 17.4 Å². The molecule has 2 aromatic rings. The molecule has 0 spiro atoms. The summed E-state index contributed by atoms with van der Waals surface area (Å²) in [7, 11) is 0. The Labute approximate surface area is 329 Å². The van der Waals surface area contributed by atoms with E-state index < -0.39 is 96.4 Å². The molecule has 310 valence electrons. The Bertz CT molecular complexity index is 1720. The summed E-state index contributed by atoms with van der Waals surface area (Å²) in [5.74, 6) is -7.54. The number of amides is 7. The van der Waals surface area contributed by atoms with E-state index in [9.17, 15) is 48.3 Å². The molecule has 13 N–H and O–H groups in total. The van der Waals surface area contributed by atoms with Crippen molar-refractivity contribution in [3.8, 4) is 5.75 Å². The Morgan fingerprint density at radius 2 is 1.12 bits per heavy atom. The standard InChI is InChI=1S/C38H52N8O11/c1-21(2)16-27(44-38(57)30(19-32(41)50)43-34(53)26(39)13-15-33(51)52)36(55)46-29(18-23-8-11-25(48)12-9-23)37(56)45-28(17-22-6-4-3-5-7-22)35(54)42-24(20-47)10-14-31(40)49/h3-9,11-12,20-21,24,26-30,48H,10,13-19,39H2,1-2H3,(H2,40,49)(H2,41,50)(H,42,54)(H,43,53)(H,44,57)(H,45,56)(H,46,55)(H,51,52)/t24-,26-,27-,28-,29-,30-/m0/s1. The maximum absolute atomic E-state index is 14.1. The number of phenols is 1. The van der Waals surface area contributed by atoms with Gasteiger partial charge in [0.05, 0.1) is 18.5 Å². The number of carboxylic acid groups (broad SMARTS) is 1. The first-order valence-electron chi connectivity index (χ1n) is 18.2. The number of benzene rings is 2. The van der Waals surface area contributed by atoms with Gasteiger partial charge in [-0.3, -0.25) is 38.4 Å². The van der Waals surface area contributed by atoms with Gasteiger partial charge in [-0.15, -0.1) is 0 Å². The molecule has 0 aromatic heterocycles. The molecule has 0 bridgehead atoms. The summed E-state index contributed by atoms with van der Waals surface area (Å²) in [6, 6.07) is 6.29. The van der Waals surface area contributed by atoms with Crippen molar-refractivity contribution in [2.75, 3.05) is 0 Å². The summed E-state index contributed by atoms with van der Waals surface area (Å²) in [6.45, 7) is 3.50. The van der Waals surface area contributed by atoms with Crippen LogP contribution in [0.25, 0.3) is 0 Å². The molecule has 0 aliphatic rings. The lowest BCUT2D eigenvalue weighted by Gasteiger charge is -2.28. The van der Waals surface area contributed by atoms with E-state index >= 15 is 0 Å². The van der Waals surface area contributed by atoms with E-state index in [4.69, 9.17) is 22.3 Å². The van der Waals surface area contributed by atoms with E-state index in [0.717, 1.165) is 0 Å². The topological polar surface area (TPSA) is 332 Å². The molecule has 19 nitrogen and oxygen atoms in total. The summed E-state index contributed by atoms with van der Waals surface area (Å²) in [4.78, 5) is 114. The van der Waals surface area contributed by atoms with E-state index in [1.54, 1.807) is 44.2 Å². The smallest absolute Gasteiger partial charge is 0.303 e. The fourth-order valence-corrected chi connectivity index (χ4v) is 5.51. The number of hydrogen-bond acceptors (Lipinski definition) is 11. The summed E-state index contributed by atoms with van der Waals surface area (Å²) < 4.78 is 0. The third kappa shape index (κ3) is 17.8. The van der Waals surface area contributed by atoms with Crippen LogP contribution in [0.4, 0.5) is 0 Å². The second-order valence-electron chi connectivity index (χ2n) is 13.9. The quantitative estimate of drug-likeness (QED) is 0.0497. The zero-order chi connectivity index (χ0) is 42.7. The fraction of sp³-hybridized carbons (Fsp3) is 0.447. The second kappa shape index (κ2) is 23.5. The maximum atomic E-state index is 14.1. The number of aromatic hydroxyl groups is 1. The van der Waals surface area contributed by atoms with E-state index in [-0.39, 0.29) is 50.2 Å². The molecular formula is C38H52N8O11. The summed E-state index contributed by atoms with van der Waals surface area (Å²) in [5, 5.41) is 31.3. The minimum Gasteiger partial charge on any atom is -0.508 e. The van der Waals surface area contributed by atoms with Gasteiger partial charge in [0.15, 0.2) is 0 Å². The maximum Gasteiger partial charge on any atom is 0.303 e. The van der Waals surface area contributed by atoms with Gasteiger partial charge in [-0.25, -0.2) is 0 Å². The van der Waals surface area contributed by atoms with Crippen LogP contribution in [0, 0.1) is 5.92 Å². The molecular weight excluding hydrogens is 744 g/mol. The van der Waals surface area contributed by atoms with Crippen LogP contribution in [-0.2, 0) is 56.0 Å². The number of carboxylic acids is 1. The van der Waals surface area contributed by atoms with Gasteiger partial charge >= 0.3 is 5.97 Å². The molecule has 6 atom stereocenters. The number of aliphatic carboxylic acids is 1. The summed E-state index contributed by atoms with van der Waals surface area (Å²) in [6.07, 6.45) is -1.43. The minimum absolute atomic E-state index is 0.0118. The average Bonchev–Trinajstić information content (AvgIpc) is 3.14. The van der Waals surface area contributed by atoms with Crippen LogP contribution in [0.15, 0.2) is 54.6 Å². The molecule has 19 heteroatoms. The van der Waals surface area contributed by atoms with Crippen molar-refractivity contribution in [3.63, 3.8) is 0 Å². The van der Waals surface area contributed by atoms with Crippen molar-refractivity contribution in [2.45, 2.75) is 101 Å². The number of phenolic OH excluding ortho intramolecular Hbond substituents is 1. The zero-order valence-corrected chi connectivity index (χ0v) is 31.8. The average molecular weight is 797 g/mol. The van der Waals surface area contributed by atoms with E-state index in [2.05, 4.69) is 26.6 Å². The number of rotatable bonds is 25. The van der Waals surface area contributed by atoms with Gasteiger partial charge in [0.25, 0.3) is 0 Å². The second-order valence-corrected chi connectivity index (χ2v) is 13.9. The third-order valence-electron chi connectivity index (χ3n) is 8.50. The lowest BCUT2D eigenvalue weighted by atomic mass is 9.99. The Balaban J connectivity index is 2.42. The third-order valence-corrected chi connectivity index (χ3v) is 8.50. The van der Waals surface area contributed by atoms with Gasteiger partial charge in [0.2, 0.25) is 41.4 Å². The van der Waals surface area contributed by atoms with Gasteiger partial charge in [0.1, 0.15) is 36.2 Å². The lowest BCUT2D eigenvalue weighted by molar-refractivity contribution is -0.137. The molecule has 0 radical (unpaired) electrons. The number of aldehydes is 1. The molecule has 0 aliphatic heterocycles. The van der Waals surface area contributed by atoms with Crippen molar-refractivity contribution in [3.05, 3.63) is 65.7 Å². The first-order chi connectivity index (χ1) is 26.9. The Hall–Kier alpha value is -6.37. The molecule has 57 heavy (non-hydrogen) atoms. The van der Waals surface area contributed by atoms with Crippen molar-refractivity contribution < 1.29 is 53.4 Å². The molecule has 7 amide bonds. The van der Waals surface area contributed by atoms with Crippen LogP contribution in [0.2, 0.25) is 0 Å². The predicted octanol–water partition coefficient (Wildman–Crippen LogP) is -1.82. The van der Waals surface area contributed by atoms with Gasteiger partial charge in [0, 0.05) is 25.7 Å². The van der Waals surface area contributed by atoms with Crippen LogP contribution in [0.3, 0.4) is 0 Å². The highest BCUT2D eigenvalue weighted by Crippen LogP contribution is 2.14. The lowest BCUT2D eigenvalue weighted by Crippen LogP contribution is -2.60. The van der Waals surface area contributed by atoms with Crippen LogP contribution < -0.4 is 43.8 Å². The monoisotopic (exact) mass is 796 g/mol. The number of hydrogen-bond donors (Lipinski definition) is 10. The first kappa shape index (κ1) is 46.8. The van der Waals surface area contributed by atoms with Crippen LogP contribution in [0.1, 0.15) is 63.5 Å². The highest BCUT2D eigenvalue weighted by Gasteiger charge is 2.33. The van der Waals surface area contributed by atoms with E-state index in [1.165, 1.54) is 24.3 Å². The Morgan fingerprint density at radius 3 is 1.63 bits per heavy atom. The van der Waals surface area contributed by atoms with Gasteiger partial charge in [-0.05, 0) is 48.4 Å². The first-order valence-corrected chi connectivity index (χ1v) is 18.2. The SMILES string of the molecule is CC(C)C[C@H](NC(=O)[C@H](CC(N)=O)NC(=O)[C@@H](N)CCC(=O)O)C(=O)N[C@@H](Cc1ccc(O)cc1)C(=O)N[C@@H](Cc1ccccc1)C(=O)N[C@H](C=O)CCC(N)=O. The van der Waals surface area contributed by atoms with Crippen molar-refractivity contribution in [2.24, 2.45) is 23.1 Å². The number of nitrogens with two attached hydrogens (primary N) is 3. The van der Waals surface area contributed by atoms with Crippen LogP contribution in [-0.4, -0.2) is 100 Å². The minimum atomic E-state index is -1.60. The Morgan fingerprint density at radius 1 is 0.632 bits per heavy atom. The molecule has 2 aromatic carbocycles. The number of nitrogens with one attached hydrogen (secondary N) is 5. The van der Waals surface area contributed by atoms with Gasteiger partial charge < -0.3 is 58.8 Å². The molecule has 0 aliphatic carbocycles. The largest absolute Gasteiger partial charge is 0.508 e. The molecule has 0 heterocycles. The normalized spacial score (nSPS) is 14.0. The van der Waals surface area contributed by atoms with E-state index in [1.807, 2.05) is 0 Å². The molecule has 0 fully saturated rings. The summed E-state index contributed by atoms with van der Waals surface area (Å²) in [5.41, 5.74) is 17.4. The Kier molecular flexibility index (Phi) is 19.3. The van der Waals surface area contributed by atoms with Crippen molar-refractivity contribution in [1.29, 1.82) is 0 Å². The highest BCUT2D eigenvalue weighted by molar-refractivity contribution is 5.97. The fourth-order valence-electron chi connectivity index (χ4n) is 5.51.